The molecule has 0 rings (SSSR count). The molecule has 0 aliphatic heterocycles. The van der Waals surface area contributed by atoms with E-state index in [1.807, 2.05) is 13.8 Å². The zero-order chi connectivity index (χ0) is 20.2. The average molecular weight is 384 g/mol. The van der Waals surface area contributed by atoms with Gasteiger partial charge in [-0.2, -0.15) is 0 Å². The highest BCUT2D eigenvalue weighted by Gasteiger charge is 2.20. The Morgan fingerprint density at radius 2 is 1.07 bits per heavy atom. The lowest BCUT2D eigenvalue weighted by atomic mass is 10.0. The van der Waals surface area contributed by atoms with Gasteiger partial charge in [-0.05, 0) is 12.3 Å². The van der Waals surface area contributed by atoms with Gasteiger partial charge in [-0.3, -0.25) is 4.79 Å². The predicted octanol–water partition coefficient (Wildman–Crippen LogP) is 7.16. The zero-order valence-electron chi connectivity index (χ0n) is 18.8. The summed E-state index contributed by atoms with van der Waals surface area (Å²) >= 11 is 0. The molecule has 0 saturated carbocycles. The Labute approximate surface area is 170 Å². The van der Waals surface area contributed by atoms with E-state index in [0.29, 0.717) is 6.61 Å². The molecule has 0 fully saturated rings. The molecule has 0 amide bonds. The van der Waals surface area contributed by atoms with Gasteiger partial charge in [0.15, 0.2) is 0 Å². The van der Waals surface area contributed by atoms with Crippen molar-refractivity contribution < 1.29 is 9.53 Å². The molecular weight excluding hydrogens is 334 g/mol. The Balaban J connectivity index is 3.20. The maximum atomic E-state index is 11.8. The van der Waals surface area contributed by atoms with Crippen molar-refractivity contribution in [3.05, 3.63) is 0 Å². The first-order chi connectivity index (χ1) is 13.1. The van der Waals surface area contributed by atoms with E-state index in [4.69, 9.17) is 10.5 Å². The van der Waals surface area contributed by atoms with Crippen molar-refractivity contribution >= 4 is 5.97 Å². The third kappa shape index (κ3) is 17.3. The normalized spacial score (nSPS) is 13.5. The summed E-state index contributed by atoms with van der Waals surface area (Å²) in [5.41, 5.74) is 5.87. The summed E-state index contributed by atoms with van der Waals surface area (Å²) in [6.45, 7) is 6.86. The largest absolute Gasteiger partial charge is 0.465 e. The second kappa shape index (κ2) is 20.2. The molecule has 2 N–H and O–H groups in total. The molecule has 3 heteroatoms. The highest BCUT2D eigenvalue weighted by molar-refractivity contribution is 5.75. The molecule has 2 atom stereocenters. The van der Waals surface area contributed by atoms with Gasteiger partial charge in [-0.25, -0.2) is 0 Å². The maximum absolute atomic E-state index is 11.8. The fraction of sp³-hybridized carbons (Fsp3) is 0.958. The summed E-state index contributed by atoms with van der Waals surface area (Å²) in [6, 6.07) is -0.462. The summed E-state index contributed by atoms with van der Waals surface area (Å²) in [6.07, 6.45) is 22.6. The van der Waals surface area contributed by atoms with Crippen LogP contribution < -0.4 is 5.73 Å². The van der Waals surface area contributed by atoms with Gasteiger partial charge in [0.2, 0.25) is 0 Å². The SMILES string of the molecule is CCCCCCCCCCCCCCCCCCOC(=O)[C@@H](N)[C@@H](C)CC. The molecule has 0 saturated heterocycles. The van der Waals surface area contributed by atoms with Crippen molar-refractivity contribution in [1.29, 1.82) is 0 Å². The van der Waals surface area contributed by atoms with Crippen LogP contribution >= 0.6 is 0 Å². The van der Waals surface area contributed by atoms with Crippen LogP contribution in [0.3, 0.4) is 0 Å². The monoisotopic (exact) mass is 383 g/mol. The van der Waals surface area contributed by atoms with Crippen LogP contribution in [0.4, 0.5) is 0 Å². The second-order valence-electron chi connectivity index (χ2n) is 8.38. The molecule has 0 spiro atoms. The van der Waals surface area contributed by atoms with Crippen LogP contribution in [0.1, 0.15) is 130 Å². The Morgan fingerprint density at radius 3 is 1.44 bits per heavy atom. The molecular formula is C24H49NO2. The van der Waals surface area contributed by atoms with Crippen LogP contribution in [0.25, 0.3) is 0 Å². The standard InChI is InChI=1S/C24H49NO2/c1-4-6-7-8-9-10-11-12-13-14-15-16-17-18-19-20-21-27-24(26)23(25)22(3)5-2/h22-23H,4-21,25H2,1-3H3/t22-,23-/m0/s1. The van der Waals surface area contributed by atoms with Gasteiger partial charge in [0.05, 0.1) is 6.61 Å². The lowest BCUT2D eigenvalue weighted by Gasteiger charge is -2.16. The topological polar surface area (TPSA) is 52.3 Å². The molecule has 0 bridgehead atoms. The van der Waals surface area contributed by atoms with E-state index in [2.05, 4.69) is 6.92 Å². The molecule has 0 radical (unpaired) electrons. The fourth-order valence-electron chi connectivity index (χ4n) is 3.41. The van der Waals surface area contributed by atoms with Gasteiger partial charge in [0.25, 0.3) is 0 Å². The van der Waals surface area contributed by atoms with Crippen LogP contribution in [-0.4, -0.2) is 18.6 Å². The quantitative estimate of drug-likeness (QED) is 0.179. The molecule has 0 aromatic heterocycles. The van der Waals surface area contributed by atoms with Crippen LogP contribution in [-0.2, 0) is 9.53 Å². The van der Waals surface area contributed by atoms with Gasteiger partial charge in [0.1, 0.15) is 6.04 Å². The number of unbranched alkanes of at least 4 members (excludes halogenated alkanes) is 15. The van der Waals surface area contributed by atoms with E-state index in [1.165, 1.54) is 89.9 Å². The lowest BCUT2D eigenvalue weighted by Crippen LogP contribution is -2.38. The predicted molar refractivity (Wildman–Crippen MR) is 118 cm³/mol. The minimum atomic E-state index is -0.462. The number of hydrogen-bond acceptors (Lipinski definition) is 3. The minimum absolute atomic E-state index is 0.197. The van der Waals surface area contributed by atoms with E-state index in [0.717, 1.165) is 19.3 Å². The maximum Gasteiger partial charge on any atom is 0.323 e. The third-order valence-corrected chi connectivity index (χ3v) is 5.77. The van der Waals surface area contributed by atoms with E-state index < -0.39 is 6.04 Å². The fourth-order valence-corrected chi connectivity index (χ4v) is 3.41. The van der Waals surface area contributed by atoms with Crippen molar-refractivity contribution in [2.45, 2.75) is 136 Å². The van der Waals surface area contributed by atoms with Crippen molar-refractivity contribution in [2.24, 2.45) is 11.7 Å². The van der Waals surface area contributed by atoms with Crippen molar-refractivity contribution in [3.63, 3.8) is 0 Å². The molecule has 162 valence electrons. The molecule has 0 aromatic carbocycles. The number of carbonyl (C=O) groups is 1. The van der Waals surface area contributed by atoms with Crippen LogP contribution in [0.2, 0.25) is 0 Å². The molecule has 27 heavy (non-hydrogen) atoms. The molecule has 0 aromatic rings. The summed E-state index contributed by atoms with van der Waals surface area (Å²) in [5, 5.41) is 0. The Morgan fingerprint density at radius 1 is 0.704 bits per heavy atom. The highest BCUT2D eigenvalue weighted by atomic mass is 16.5. The number of hydrogen-bond donors (Lipinski definition) is 1. The van der Waals surface area contributed by atoms with E-state index >= 15 is 0 Å². The summed E-state index contributed by atoms with van der Waals surface area (Å²) < 4.78 is 5.28. The number of carbonyl (C=O) groups excluding carboxylic acids is 1. The Bertz CT molecular complexity index is 320. The van der Waals surface area contributed by atoms with Gasteiger partial charge in [-0.1, -0.05) is 124 Å². The number of esters is 1. The number of nitrogens with two attached hydrogens (primary N) is 1. The first-order valence-corrected chi connectivity index (χ1v) is 12.1. The molecule has 0 aliphatic rings. The lowest BCUT2D eigenvalue weighted by molar-refractivity contribution is -0.146. The smallest absolute Gasteiger partial charge is 0.323 e. The highest BCUT2D eigenvalue weighted by Crippen LogP contribution is 2.14. The summed E-state index contributed by atoms with van der Waals surface area (Å²) in [4.78, 5) is 11.8. The third-order valence-electron chi connectivity index (χ3n) is 5.77. The first-order valence-electron chi connectivity index (χ1n) is 12.1. The summed E-state index contributed by atoms with van der Waals surface area (Å²) in [7, 11) is 0. The van der Waals surface area contributed by atoms with Crippen molar-refractivity contribution in [1.82, 2.24) is 0 Å². The van der Waals surface area contributed by atoms with E-state index in [9.17, 15) is 4.79 Å². The molecule has 0 aliphatic carbocycles. The molecule has 0 heterocycles. The van der Waals surface area contributed by atoms with Crippen molar-refractivity contribution in [2.75, 3.05) is 6.61 Å². The van der Waals surface area contributed by atoms with Gasteiger partial charge in [-0.15, -0.1) is 0 Å². The average Bonchev–Trinajstić information content (AvgIpc) is 2.68. The Hall–Kier alpha value is -0.570. The Kier molecular flexibility index (Phi) is 19.7. The second-order valence-corrected chi connectivity index (χ2v) is 8.38. The molecule has 0 unspecified atom stereocenters. The van der Waals surface area contributed by atoms with Crippen LogP contribution in [0.15, 0.2) is 0 Å². The van der Waals surface area contributed by atoms with E-state index in [-0.39, 0.29) is 11.9 Å². The number of rotatable bonds is 20. The van der Waals surface area contributed by atoms with Crippen LogP contribution in [0.5, 0.6) is 0 Å². The van der Waals surface area contributed by atoms with Gasteiger partial charge < -0.3 is 10.5 Å². The number of ether oxygens (including phenoxy) is 1. The van der Waals surface area contributed by atoms with Crippen molar-refractivity contribution in [3.8, 4) is 0 Å². The molecule has 3 nitrogen and oxygen atoms in total. The first kappa shape index (κ1) is 26.4. The summed E-state index contributed by atoms with van der Waals surface area (Å²) in [5.74, 6) is -0.0337. The zero-order valence-corrected chi connectivity index (χ0v) is 18.8. The van der Waals surface area contributed by atoms with Crippen LogP contribution in [0, 0.1) is 5.92 Å². The van der Waals surface area contributed by atoms with Gasteiger partial charge >= 0.3 is 5.97 Å². The minimum Gasteiger partial charge on any atom is -0.465 e. The van der Waals surface area contributed by atoms with Gasteiger partial charge in [0, 0.05) is 0 Å². The van der Waals surface area contributed by atoms with E-state index in [1.54, 1.807) is 0 Å².